The van der Waals surface area contributed by atoms with Crippen LogP contribution in [-0.2, 0) is 30.0 Å². The van der Waals surface area contributed by atoms with Crippen LogP contribution in [0.2, 0.25) is 0 Å². The van der Waals surface area contributed by atoms with Crippen molar-refractivity contribution in [1.29, 1.82) is 0 Å². The maximum Gasteiger partial charge on any atom is 2.00 e. The van der Waals surface area contributed by atoms with Crippen LogP contribution in [0.3, 0.4) is 0 Å². The molecule has 0 radical (unpaired) electrons. The van der Waals surface area contributed by atoms with Crippen molar-refractivity contribution < 1.29 is 40.2 Å². The molecule has 0 aromatic carbocycles. The molecule has 0 aromatic heterocycles. The minimum atomic E-state index is -1.08. The van der Waals surface area contributed by atoms with E-state index in [1.54, 1.807) is 43.4 Å². The van der Waals surface area contributed by atoms with Crippen molar-refractivity contribution in [2.75, 3.05) is 37.0 Å². The third kappa shape index (κ3) is 53.1. The predicted molar refractivity (Wildman–Crippen MR) is 184 cm³/mol. The smallest absolute Gasteiger partial charge is 0.550 e. The molecule has 0 bridgehead atoms. The number of aliphatic carboxylic acids is 2. The zero-order chi connectivity index (χ0) is 31.4. The first-order chi connectivity index (χ1) is 19.7. The zero-order valence-corrected chi connectivity index (χ0v) is 32.3. The number of carboxylic acids is 2. The van der Waals surface area contributed by atoms with Gasteiger partial charge in [0.1, 0.15) is 0 Å². The number of carboxylic acid groups (broad SMARTS) is 2. The SMILES string of the molecule is CC(=O)[O-].CC(=O)[O-].CCCCCCCP(CCCCCCC)CCCP(CCCCCCC)CCCCCCC.[Pd+2]. The minimum absolute atomic E-state index is 0. The fourth-order valence-corrected chi connectivity index (χ4v) is 10.4. The van der Waals surface area contributed by atoms with Gasteiger partial charge in [-0.05, 0) is 82.9 Å². The van der Waals surface area contributed by atoms with Gasteiger partial charge in [0.15, 0.2) is 0 Å². The summed E-state index contributed by atoms with van der Waals surface area (Å²) in [5.74, 6) is -2.17. The standard InChI is InChI=1S/C31H66P2.2C2H4O2.Pd/c1-5-9-13-17-21-26-32(27-22-18-14-10-6-2)30-25-31-33(28-23-19-15-11-7-3)29-24-20-16-12-8-4;2*1-2(3)4;/h5-31H2,1-4H3;2*1H3,(H,3,4);/q;;;+2/p-2. The van der Waals surface area contributed by atoms with Gasteiger partial charge in [-0.25, -0.2) is 0 Å². The Balaban J connectivity index is -0.000000706. The Kier molecular flexibility index (Phi) is 51.2. The van der Waals surface area contributed by atoms with Crippen LogP contribution < -0.4 is 10.2 Å². The largest absolute Gasteiger partial charge is 2.00 e. The Labute approximate surface area is 280 Å². The monoisotopic (exact) mass is 724 g/mol. The molecule has 0 spiro atoms. The Morgan fingerprint density at radius 3 is 0.738 bits per heavy atom. The van der Waals surface area contributed by atoms with E-state index in [1.165, 1.54) is 128 Å². The Morgan fingerprint density at radius 2 is 0.548 bits per heavy atom. The fourth-order valence-electron chi connectivity index (χ4n) is 4.94. The van der Waals surface area contributed by atoms with Gasteiger partial charge in [-0.1, -0.05) is 130 Å². The fraction of sp³-hybridized carbons (Fsp3) is 0.943. The zero-order valence-electron chi connectivity index (χ0n) is 28.9. The van der Waals surface area contributed by atoms with E-state index in [1.807, 2.05) is 0 Å². The van der Waals surface area contributed by atoms with E-state index >= 15 is 0 Å². The molecule has 0 amide bonds. The summed E-state index contributed by atoms with van der Waals surface area (Å²) in [7, 11) is 0.671. The summed E-state index contributed by atoms with van der Waals surface area (Å²) in [5.41, 5.74) is 0. The summed E-state index contributed by atoms with van der Waals surface area (Å²) in [4.78, 5) is 17.8. The van der Waals surface area contributed by atoms with Crippen molar-refractivity contribution in [3.63, 3.8) is 0 Å². The maximum atomic E-state index is 8.89. The van der Waals surface area contributed by atoms with Crippen molar-refractivity contribution in [2.24, 2.45) is 0 Å². The molecular formula is C35H72O4P2Pd. The first-order valence-corrected chi connectivity index (χ1v) is 21.3. The second kappa shape index (κ2) is 43.6. The van der Waals surface area contributed by atoms with Crippen molar-refractivity contribution in [2.45, 2.75) is 176 Å². The van der Waals surface area contributed by atoms with Crippen LogP contribution in [0.25, 0.3) is 0 Å². The van der Waals surface area contributed by atoms with E-state index in [0.717, 1.165) is 13.8 Å². The van der Waals surface area contributed by atoms with Crippen molar-refractivity contribution >= 4 is 27.8 Å². The van der Waals surface area contributed by atoms with Crippen molar-refractivity contribution in [3.8, 4) is 0 Å². The van der Waals surface area contributed by atoms with E-state index in [0.29, 0.717) is 15.8 Å². The average molecular weight is 725 g/mol. The van der Waals surface area contributed by atoms with Gasteiger partial charge in [0, 0.05) is 11.9 Å². The third-order valence-electron chi connectivity index (χ3n) is 7.26. The van der Waals surface area contributed by atoms with Gasteiger partial charge in [-0.3, -0.25) is 0 Å². The maximum absolute atomic E-state index is 8.89. The van der Waals surface area contributed by atoms with Crippen LogP contribution in [0.5, 0.6) is 0 Å². The van der Waals surface area contributed by atoms with Gasteiger partial charge in [-0.2, -0.15) is 0 Å². The van der Waals surface area contributed by atoms with Crippen LogP contribution in [-0.4, -0.2) is 48.9 Å². The molecule has 0 unspecified atom stereocenters. The van der Waals surface area contributed by atoms with Crippen LogP contribution in [0, 0.1) is 0 Å². The molecule has 0 aromatic rings. The molecule has 0 aliphatic rings. The third-order valence-corrected chi connectivity index (χ3v) is 13.0. The molecular weight excluding hydrogens is 653 g/mol. The van der Waals surface area contributed by atoms with E-state index < -0.39 is 11.9 Å². The number of carbonyl (C=O) groups is 2. The molecule has 0 aliphatic heterocycles. The molecule has 4 nitrogen and oxygen atoms in total. The van der Waals surface area contributed by atoms with E-state index in [4.69, 9.17) is 19.8 Å². The average Bonchev–Trinajstić information content (AvgIpc) is 2.91. The minimum Gasteiger partial charge on any atom is -0.550 e. The first kappa shape index (κ1) is 49.3. The summed E-state index contributed by atoms with van der Waals surface area (Å²) >= 11 is 0. The van der Waals surface area contributed by atoms with E-state index in [2.05, 4.69) is 27.7 Å². The Morgan fingerprint density at radius 1 is 0.381 bits per heavy atom. The van der Waals surface area contributed by atoms with Gasteiger partial charge in [0.2, 0.25) is 0 Å². The predicted octanol–water partition coefficient (Wildman–Crippen LogP) is 9.73. The summed E-state index contributed by atoms with van der Waals surface area (Å²) in [5, 5.41) is 17.8. The van der Waals surface area contributed by atoms with Gasteiger partial charge in [0.25, 0.3) is 0 Å². The molecule has 0 N–H and O–H groups in total. The molecule has 7 heteroatoms. The number of hydrogen-bond donors (Lipinski definition) is 0. The Bertz CT molecular complexity index is 443. The quantitative estimate of drug-likeness (QED) is 0.0457. The van der Waals surface area contributed by atoms with Crippen LogP contribution in [0.15, 0.2) is 0 Å². The van der Waals surface area contributed by atoms with E-state index in [-0.39, 0.29) is 20.4 Å². The second-order valence-electron chi connectivity index (χ2n) is 11.7. The molecule has 0 atom stereocenters. The van der Waals surface area contributed by atoms with Crippen LogP contribution in [0.4, 0.5) is 0 Å². The summed E-state index contributed by atoms with van der Waals surface area (Å²) in [6.07, 6.45) is 40.6. The summed E-state index contributed by atoms with van der Waals surface area (Å²) in [6, 6.07) is 0. The molecule has 0 aliphatic carbocycles. The van der Waals surface area contributed by atoms with Gasteiger partial charge in [0.05, 0.1) is 0 Å². The molecule has 256 valence electrons. The summed E-state index contributed by atoms with van der Waals surface area (Å²) < 4.78 is 0. The number of carbonyl (C=O) groups excluding carboxylic acids is 2. The summed E-state index contributed by atoms with van der Waals surface area (Å²) in [6.45, 7) is 11.3. The molecule has 0 saturated carbocycles. The molecule has 0 fully saturated rings. The van der Waals surface area contributed by atoms with Crippen LogP contribution in [0.1, 0.15) is 176 Å². The van der Waals surface area contributed by atoms with Gasteiger partial charge < -0.3 is 19.8 Å². The molecule has 0 saturated heterocycles. The van der Waals surface area contributed by atoms with Crippen molar-refractivity contribution in [3.05, 3.63) is 0 Å². The topological polar surface area (TPSA) is 80.3 Å². The first-order valence-electron chi connectivity index (χ1n) is 17.5. The van der Waals surface area contributed by atoms with Crippen molar-refractivity contribution in [1.82, 2.24) is 0 Å². The number of unbranched alkanes of at least 4 members (excludes halogenated alkanes) is 16. The Hall–Kier alpha value is 0.462. The second-order valence-corrected chi connectivity index (χ2v) is 17.0. The van der Waals surface area contributed by atoms with Gasteiger partial charge >= 0.3 is 20.4 Å². The molecule has 0 heterocycles. The number of hydrogen-bond acceptors (Lipinski definition) is 4. The normalized spacial score (nSPS) is 10.5. The molecule has 42 heavy (non-hydrogen) atoms. The molecule has 0 rings (SSSR count). The number of rotatable bonds is 28. The van der Waals surface area contributed by atoms with Gasteiger partial charge in [-0.15, -0.1) is 15.8 Å². The van der Waals surface area contributed by atoms with E-state index in [9.17, 15) is 0 Å². The van der Waals surface area contributed by atoms with Crippen LogP contribution >= 0.6 is 15.8 Å².